The van der Waals surface area contributed by atoms with Gasteiger partial charge < -0.3 is 19.7 Å². The first-order valence-corrected chi connectivity index (χ1v) is 8.27. The van der Waals surface area contributed by atoms with E-state index in [-0.39, 0.29) is 18.1 Å². The lowest BCUT2D eigenvalue weighted by Crippen LogP contribution is -2.43. The van der Waals surface area contributed by atoms with Gasteiger partial charge in [0.1, 0.15) is 18.4 Å². The fourth-order valence-corrected chi connectivity index (χ4v) is 3.35. The number of carbonyl (C=O) groups excluding carboxylic acids is 1. The highest BCUT2D eigenvalue weighted by molar-refractivity contribution is 5.94. The van der Waals surface area contributed by atoms with Crippen molar-refractivity contribution in [3.05, 3.63) is 42.2 Å². The quantitative estimate of drug-likeness (QED) is 0.879. The molecule has 2 aromatic heterocycles. The summed E-state index contributed by atoms with van der Waals surface area (Å²) in [5, 5.41) is 12.7. The molecule has 7 nitrogen and oxygen atoms in total. The number of aliphatic hydroxyl groups is 1. The third-order valence-corrected chi connectivity index (χ3v) is 4.84. The molecule has 126 valence electrons. The average molecular weight is 328 g/mol. The molecule has 1 aliphatic carbocycles. The number of β-amino-alcohol motifs (C(OH)–C–C–N with tert-alkyl or cyclic N) is 1. The Balaban J connectivity index is 1.34. The van der Waals surface area contributed by atoms with E-state index in [0.29, 0.717) is 18.0 Å². The highest BCUT2D eigenvalue weighted by atomic mass is 16.3. The second kappa shape index (κ2) is 6.24. The summed E-state index contributed by atoms with van der Waals surface area (Å²) in [4.78, 5) is 22.8. The van der Waals surface area contributed by atoms with Gasteiger partial charge in [0, 0.05) is 36.8 Å². The molecule has 0 spiro atoms. The number of hydrogen-bond donors (Lipinski definition) is 2. The zero-order valence-electron chi connectivity index (χ0n) is 13.3. The molecule has 2 fully saturated rings. The monoisotopic (exact) mass is 328 g/mol. The van der Waals surface area contributed by atoms with E-state index in [1.165, 1.54) is 12.5 Å². The van der Waals surface area contributed by atoms with Gasteiger partial charge in [-0.2, -0.15) is 0 Å². The molecule has 2 N–H and O–H groups in total. The van der Waals surface area contributed by atoms with Gasteiger partial charge in [0.05, 0.1) is 17.9 Å². The Morgan fingerprint density at radius 2 is 2.25 bits per heavy atom. The Kier molecular flexibility index (Phi) is 3.93. The molecule has 2 aromatic rings. The van der Waals surface area contributed by atoms with Gasteiger partial charge in [-0.1, -0.05) is 0 Å². The number of rotatable bonds is 4. The zero-order valence-corrected chi connectivity index (χ0v) is 13.3. The lowest BCUT2D eigenvalue weighted by molar-refractivity contribution is 0.0907. The summed E-state index contributed by atoms with van der Waals surface area (Å²) in [5.41, 5.74) is 1.56. The first-order valence-electron chi connectivity index (χ1n) is 8.27. The van der Waals surface area contributed by atoms with Gasteiger partial charge in [-0.05, 0) is 25.3 Å². The summed E-state index contributed by atoms with van der Waals surface area (Å²) in [6.07, 6.45) is 6.81. The number of nitrogens with zero attached hydrogens (tertiary/aromatic N) is 3. The normalized spacial score (nSPS) is 26.2. The zero-order chi connectivity index (χ0) is 16.5. The van der Waals surface area contributed by atoms with Crippen LogP contribution in [0.3, 0.4) is 0 Å². The van der Waals surface area contributed by atoms with Crippen molar-refractivity contribution in [2.75, 3.05) is 18.0 Å². The van der Waals surface area contributed by atoms with Crippen LogP contribution in [0.15, 0.2) is 35.4 Å². The van der Waals surface area contributed by atoms with Gasteiger partial charge in [-0.25, -0.2) is 9.97 Å². The molecule has 1 saturated heterocycles. The van der Waals surface area contributed by atoms with Gasteiger partial charge in [0.25, 0.3) is 5.91 Å². The van der Waals surface area contributed by atoms with Crippen molar-refractivity contribution in [3.8, 4) is 0 Å². The summed E-state index contributed by atoms with van der Waals surface area (Å²) >= 11 is 0. The minimum absolute atomic E-state index is 0.0957. The fourth-order valence-electron chi connectivity index (χ4n) is 3.35. The summed E-state index contributed by atoms with van der Waals surface area (Å²) in [6, 6.07) is 3.84. The molecule has 2 aliphatic rings. The van der Waals surface area contributed by atoms with Crippen LogP contribution in [0.2, 0.25) is 0 Å². The van der Waals surface area contributed by atoms with E-state index in [4.69, 9.17) is 4.42 Å². The van der Waals surface area contributed by atoms with Crippen molar-refractivity contribution in [2.24, 2.45) is 0 Å². The van der Waals surface area contributed by atoms with Crippen LogP contribution in [0, 0.1) is 0 Å². The van der Waals surface area contributed by atoms with Crippen LogP contribution in [-0.2, 0) is 0 Å². The lowest BCUT2D eigenvalue weighted by atomic mass is 9.78. The van der Waals surface area contributed by atoms with Crippen LogP contribution in [0.5, 0.6) is 0 Å². The molecule has 0 aromatic carbocycles. The first-order chi connectivity index (χ1) is 11.7. The van der Waals surface area contributed by atoms with E-state index in [0.717, 1.165) is 37.3 Å². The Bertz CT molecular complexity index is 712. The predicted molar refractivity (Wildman–Crippen MR) is 86.8 cm³/mol. The summed E-state index contributed by atoms with van der Waals surface area (Å²) in [7, 11) is 0. The van der Waals surface area contributed by atoms with Crippen LogP contribution in [0.25, 0.3) is 0 Å². The number of nitrogens with one attached hydrogen (secondary N) is 1. The van der Waals surface area contributed by atoms with Crippen LogP contribution in [-0.4, -0.2) is 46.2 Å². The Hall–Kier alpha value is -2.41. The number of carbonyl (C=O) groups is 1. The van der Waals surface area contributed by atoms with Crippen molar-refractivity contribution >= 4 is 11.7 Å². The first kappa shape index (κ1) is 15.1. The number of furan rings is 1. The molecule has 0 bridgehead atoms. The third kappa shape index (κ3) is 2.99. The van der Waals surface area contributed by atoms with Gasteiger partial charge in [-0.15, -0.1) is 0 Å². The molecule has 3 heterocycles. The molecular formula is C17H20N4O3. The van der Waals surface area contributed by atoms with Gasteiger partial charge in [0.15, 0.2) is 0 Å². The fraction of sp³-hybridized carbons (Fsp3) is 0.471. The van der Waals surface area contributed by atoms with Crippen LogP contribution >= 0.6 is 0 Å². The molecule has 1 atom stereocenters. The van der Waals surface area contributed by atoms with Crippen molar-refractivity contribution < 1.29 is 14.3 Å². The number of aliphatic hydroxyl groups excluding tert-OH is 1. The van der Waals surface area contributed by atoms with E-state index in [1.807, 2.05) is 6.07 Å². The van der Waals surface area contributed by atoms with E-state index in [1.54, 1.807) is 12.4 Å². The van der Waals surface area contributed by atoms with E-state index in [2.05, 4.69) is 20.2 Å². The van der Waals surface area contributed by atoms with Gasteiger partial charge in [0.2, 0.25) is 0 Å². The van der Waals surface area contributed by atoms with Gasteiger partial charge >= 0.3 is 0 Å². The molecule has 1 saturated carbocycles. The Morgan fingerprint density at radius 1 is 1.38 bits per heavy atom. The minimum atomic E-state index is -0.269. The topological polar surface area (TPSA) is 91.5 Å². The van der Waals surface area contributed by atoms with Crippen molar-refractivity contribution in [1.82, 2.24) is 15.3 Å². The van der Waals surface area contributed by atoms with Gasteiger partial charge in [-0.3, -0.25) is 4.79 Å². The Morgan fingerprint density at radius 3 is 2.96 bits per heavy atom. The van der Waals surface area contributed by atoms with Crippen LogP contribution < -0.4 is 10.2 Å². The largest absolute Gasteiger partial charge is 0.472 e. The predicted octanol–water partition coefficient (Wildman–Crippen LogP) is 1.32. The smallest absolute Gasteiger partial charge is 0.254 e. The highest BCUT2D eigenvalue weighted by Gasteiger charge is 2.33. The molecule has 0 radical (unpaired) electrons. The molecule has 1 aliphatic heterocycles. The lowest BCUT2D eigenvalue weighted by Gasteiger charge is -2.35. The standard InChI is InChI=1S/C17H20N4O3/c22-14-1-3-21(8-14)16-7-15(18-10-19-16)12-5-13(6-12)20-17(23)11-2-4-24-9-11/h2,4,7,9-10,12-14,22H,1,3,5-6,8H2,(H,20,23). The number of aromatic nitrogens is 2. The second-order valence-electron chi connectivity index (χ2n) is 6.54. The van der Waals surface area contributed by atoms with Crippen molar-refractivity contribution in [2.45, 2.75) is 37.3 Å². The molecular weight excluding hydrogens is 308 g/mol. The van der Waals surface area contributed by atoms with Crippen molar-refractivity contribution in [1.29, 1.82) is 0 Å². The maximum Gasteiger partial charge on any atom is 0.254 e. The van der Waals surface area contributed by atoms with Crippen LogP contribution in [0.4, 0.5) is 5.82 Å². The maximum atomic E-state index is 12.0. The second-order valence-corrected chi connectivity index (χ2v) is 6.54. The maximum absolute atomic E-state index is 12.0. The molecule has 1 unspecified atom stereocenters. The third-order valence-electron chi connectivity index (χ3n) is 4.84. The Labute approximate surface area is 139 Å². The van der Waals surface area contributed by atoms with Crippen molar-refractivity contribution in [3.63, 3.8) is 0 Å². The molecule has 7 heteroatoms. The molecule has 24 heavy (non-hydrogen) atoms. The summed E-state index contributed by atoms with van der Waals surface area (Å²) < 4.78 is 4.93. The number of anilines is 1. The molecule has 4 rings (SSSR count). The SMILES string of the molecule is O=C(NC1CC(c2cc(N3CCC(O)C3)ncn2)C1)c1ccoc1. The number of hydrogen-bond acceptors (Lipinski definition) is 6. The number of amides is 1. The van der Waals surface area contributed by atoms with E-state index < -0.39 is 0 Å². The average Bonchev–Trinajstić information content (AvgIpc) is 3.22. The van der Waals surface area contributed by atoms with E-state index in [9.17, 15) is 9.90 Å². The minimum Gasteiger partial charge on any atom is -0.472 e. The highest BCUT2D eigenvalue weighted by Crippen LogP contribution is 2.37. The summed E-state index contributed by atoms with van der Waals surface area (Å²) in [6.45, 7) is 1.45. The van der Waals surface area contributed by atoms with E-state index >= 15 is 0 Å². The summed E-state index contributed by atoms with van der Waals surface area (Å²) in [5.74, 6) is 1.12. The molecule has 1 amide bonds. The van der Waals surface area contributed by atoms with Crippen LogP contribution in [0.1, 0.15) is 41.2 Å².